The summed E-state index contributed by atoms with van der Waals surface area (Å²) in [6.45, 7) is 0.684. The highest BCUT2D eigenvalue weighted by atomic mass is 79.9. The van der Waals surface area contributed by atoms with Crippen molar-refractivity contribution in [3.05, 3.63) is 34.2 Å². The van der Waals surface area contributed by atoms with Gasteiger partial charge in [-0.15, -0.1) is 0 Å². The molecule has 3 nitrogen and oxygen atoms in total. The Labute approximate surface area is 103 Å². The predicted octanol–water partition coefficient (Wildman–Crippen LogP) is 3.27. The van der Waals surface area contributed by atoms with E-state index in [0.29, 0.717) is 17.0 Å². The van der Waals surface area contributed by atoms with Gasteiger partial charge in [0, 0.05) is 6.54 Å². The highest BCUT2D eigenvalue weighted by molar-refractivity contribution is 9.10. The molecule has 2 rings (SSSR count). The second kappa shape index (κ2) is 5.34. The quantitative estimate of drug-likeness (QED) is 0.862. The van der Waals surface area contributed by atoms with Gasteiger partial charge in [-0.1, -0.05) is 11.6 Å². The summed E-state index contributed by atoms with van der Waals surface area (Å²) in [6.07, 6.45) is 6.86. The standard InChI is InChI=1S/C12H14BrNO2/c13-11-6-5-10(16-11)12(15)14-8-7-9-3-1-2-4-9/h3,5-6H,1-2,4,7-8H2,(H,14,15). The first-order chi connectivity index (χ1) is 7.75. The van der Waals surface area contributed by atoms with Gasteiger partial charge in [0.25, 0.3) is 5.91 Å². The van der Waals surface area contributed by atoms with Gasteiger partial charge in [-0.25, -0.2) is 0 Å². The van der Waals surface area contributed by atoms with Crippen molar-refractivity contribution in [3.8, 4) is 0 Å². The van der Waals surface area contributed by atoms with Crippen LogP contribution in [0.5, 0.6) is 0 Å². The van der Waals surface area contributed by atoms with Crippen LogP contribution in [0.1, 0.15) is 36.2 Å². The topological polar surface area (TPSA) is 42.2 Å². The van der Waals surface area contributed by atoms with E-state index in [-0.39, 0.29) is 5.91 Å². The molecule has 4 heteroatoms. The highest BCUT2D eigenvalue weighted by Gasteiger charge is 2.10. The van der Waals surface area contributed by atoms with E-state index in [1.165, 1.54) is 24.8 Å². The van der Waals surface area contributed by atoms with Gasteiger partial charge in [0.1, 0.15) is 0 Å². The molecular formula is C12H14BrNO2. The number of hydrogen-bond donors (Lipinski definition) is 1. The van der Waals surface area contributed by atoms with E-state index in [0.717, 1.165) is 6.42 Å². The third kappa shape index (κ3) is 2.98. The van der Waals surface area contributed by atoms with Gasteiger partial charge in [0.15, 0.2) is 10.4 Å². The zero-order chi connectivity index (χ0) is 11.4. The van der Waals surface area contributed by atoms with Crippen LogP contribution in [0, 0.1) is 0 Å². The summed E-state index contributed by atoms with van der Waals surface area (Å²) in [5.74, 6) is 0.205. The molecule has 86 valence electrons. The first-order valence-corrected chi connectivity index (χ1v) is 6.26. The van der Waals surface area contributed by atoms with E-state index in [1.807, 2.05) is 0 Å². The van der Waals surface area contributed by atoms with Crippen molar-refractivity contribution in [3.63, 3.8) is 0 Å². The number of halogens is 1. The average Bonchev–Trinajstić information content (AvgIpc) is 2.89. The highest BCUT2D eigenvalue weighted by Crippen LogP contribution is 2.20. The predicted molar refractivity (Wildman–Crippen MR) is 65.3 cm³/mol. The Morgan fingerprint density at radius 1 is 1.50 bits per heavy atom. The molecule has 16 heavy (non-hydrogen) atoms. The molecule has 0 atom stereocenters. The van der Waals surface area contributed by atoms with E-state index in [4.69, 9.17) is 4.42 Å². The van der Waals surface area contributed by atoms with Crippen LogP contribution in [0.4, 0.5) is 0 Å². The lowest BCUT2D eigenvalue weighted by atomic mass is 10.2. The fourth-order valence-electron chi connectivity index (χ4n) is 1.82. The molecular weight excluding hydrogens is 270 g/mol. The largest absolute Gasteiger partial charge is 0.444 e. The van der Waals surface area contributed by atoms with Crippen molar-refractivity contribution in [2.24, 2.45) is 0 Å². The van der Waals surface area contributed by atoms with E-state index in [1.54, 1.807) is 12.1 Å². The van der Waals surface area contributed by atoms with Crippen LogP contribution < -0.4 is 5.32 Å². The number of amides is 1. The molecule has 0 saturated heterocycles. The molecule has 0 unspecified atom stereocenters. The molecule has 1 aromatic rings. The minimum absolute atomic E-state index is 0.149. The van der Waals surface area contributed by atoms with E-state index >= 15 is 0 Å². The lowest BCUT2D eigenvalue weighted by Gasteiger charge is -2.03. The van der Waals surface area contributed by atoms with Crippen LogP contribution in [0.3, 0.4) is 0 Å². The number of allylic oxidation sites excluding steroid dienone is 1. The van der Waals surface area contributed by atoms with Gasteiger partial charge in [-0.2, -0.15) is 0 Å². The van der Waals surface area contributed by atoms with Gasteiger partial charge < -0.3 is 9.73 Å². The van der Waals surface area contributed by atoms with Crippen molar-refractivity contribution in [1.82, 2.24) is 5.32 Å². The van der Waals surface area contributed by atoms with Gasteiger partial charge in [-0.05, 0) is 53.7 Å². The molecule has 0 saturated carbocycles. The van der Waals surface area contributed by atoms with E-state index < -0.39 is 0 Å². The number of rotatable bonds is 4. The van der Waals surface area contributed by atoms with E-state index in [2.05, 4.69) is 27.3 Å². The van der Waals surface area contributed by atoms with Crippen molar-refractivity contribution < 1.29 is 9.21 Å². The molecule has 0 aliphatic heterocycles. The third-order valence-corrected chi connectivity index (χ3v) is 3.09. The van der Waals surface area contributed by atoms with Gasteiger partial charge in [-0.3, -0.25) is 4.79 Å². The van der Waals surface area contributed by atoms with Gasteiger partial charge in [0.2, 0.25) is 0 Å². The van der Waals surface area contributed by atoms with Crippen LogP contribution in [-0.4, -0.2) is 12.5 Å². The summed E-state index contributed by atoms with van der Waals surface area (Å²) in [5, 5.41) is 2.84. The Kier molecular flexibility index (Phi) is 3.83. The normalized spacial score (nSPS) is 14.9. The molecule has 0 bridgehead atoms. The van der Waals surface area contributed by atoms with Crippen LogP contribution in [0.2, 0.25) is 0 Å². The smallest absolute Gasteiger partial charge is 0.287 e. The summed E-state index contributed by atoms with van der Waals surface area (Å²) in [7, 11) is 0. The Hall–Kier alpha value is -1.03. The zero-order valence-corrected chi connectivity index (χ0v) is 10.5. The number of carbonyl (C=O) groups excluding carboxylic acids is 1. The van der Waals surface area contributed by atoms with Crippen molar-refractivity contribution >= 4 is 21.8 Å². The molecule has 1 aliphatic rings. The van der Waals surface area contributed by atoms with Crippen LogP contribution in [0.25, 0.3) is 0 Å². The molecule has 1 heterocycles. The maximum Gasteiger partial charge on any atom is 0.287 e. The third-order valence-electron chi connectivity index (χ3n) is 2.66. The summed E-state index contributed by atoms with van der Waals surface area (Å²) in [6, 6.07) is 3.38. The zero-order valence-electron chi connectivity index (χ0n) is 8.96. The fraction of sp³-hybridized carbons (Fsp3) is 0.417. The first-order valence-electron chi connectivity index (χ1n) is 5.47. The minimum atomic E-state index is -0.149. The average molecular weight is 284 g/mol. The number of carbonyl (C=O) groups is 1. The summed E-state index contributed by atoms with van der Waals surface area (Å²) < 4.78 is 5.74. The lowest BCUT2D eigenvalue weighted by Crippen LogP contribution is -2.24. The summed E-state index contributed by atoms with van der Waals surface area (Å²) in [5.41, 5.74) is 1.46. The molecule has 1 amide bonds. The fourth-order valence-corrected chi connectivity index (χ4v) is 2.13. The number of hydrogen-bond acceptors (Lipinski definition) is 2. The molecule has 0 spiro atoms. The molecule has 0 radical (unpaired) electrons. The first kappa shape index (κ1) is 11.5. The molecule has 1 aromatic heterocycles. The second-order valence-corrected chi connectivity index (χ2v) is 4.65. The number of nitrogens with one attached hydrogen (secondary N) is 1. The molecule has 1 N–H and O–H groups in total. The van der Waals surface area contributed by atoms with Crippen LogP contribution >= 0.6 is 15.9 Å². The SMILES string of the molecule is O=C(NCCC1=CCCC1)c1ccc(Br)o1. The molecule has 0 aromatic carbocycles. The van der Waals surface area contributed by atoms with Crippen molar-refractivity contribution in [1.29, 1.82) is 0 Å². The summed E-state index contributed by atoms with van der Waals surface area (Å²) in [4.78, 5) is 11.6. The Balaban J connectivity index is 1.75. The van der Waals surface area contributed by atoms with Crippen LogP contribution in [0.15, 0.2) is 32.9 Å². The van der Waals surface area contributed by atoms with E-state index in [9.17, 15) is 4.79 Å². The maximum absolute atomic E-state index is 11.6. The van der Waals surface area contributed by atoms with Crippen LogP contribution in [-0.2, 0) is 0 Å². The minimum Gasteiger partial charge on any atom is -0.444 e. The summed E-state index contributed by atoms with van der Waals surface area (Å²) >= 11 is 3.17. The van der Waals surface area contributed by atoms with Crippen molar-refractivity contribution in [2.75, 3.05) is 6.54 Å². The number of furan rings is 1. The van der Waals surface area contributed by atoms with Gasteiger partial charge in [0.05, 0.1) is 0 Å². The monoisotopic (exact) mass is 283 g/mol. The van der Waals surface area contributed by atoms with Crippen molar-refractivity contribution in [2.45, 2.75) is 25.7 Å². The second-order valence-electron chi connectivity index (χ2n) is 3.86. The maximum atomic E-state index is 11.6. The Morgan fingerprint density at radius 2 is 2.38 bits per heavy atom. The lowest BCUT2D eigenvalue weighted by molar-refractivity contribution is 0.0925. The van der Waals surface area contributed by atoms with Gasteiger partial charge >= 0.3 is 0 Å². The molecule has 1 aliphatic carbocycles. The Morgan fingerprint density at radius 3 is 3.00 bits per heavy atom. The Bertz CT molecular complexity index is 409. The molecule has 0 fully saturated rings.